The van der Waals surface area contributed by atoms with Crippen molar-refractivity contribution in [1.82, 2.24) is 9.80 Å². The second-order valence-electron chi connectivity index (χ2n) is 9.96. The predicted molar refractivity (Wildman–Crippen MR) is 159 cm³/mol. The Morgan fingerprint density at radius 2 is 1.82 bits per heavy atom. The molecule has 0 spiro atoms. The summed E-state index contributed by atoms with van der Waals surface area (Å²) in [6.07, 6.45) is 7.31. The van der Waals surface area contributed by atoms with E-state index in [1.54, 1.807) is 7.11 Å². The first-order valence-electron chi connectivity index (χ1n) is 13.0. The summed E-state index contributed by atoms with van der Waals surface area (Å²) >= 11 is 6.19. The minimum absolute atomic E-state index is 0.465. The van der Waals surface area contributed by atoms with Crippen LogP contribution >= 0.6 is 11.6 Å². The van der Waals surface area contributed by atoms with Crippen LogP contribution in [0.2, 0.25) is 5.02 Å². The molecule has 1 aliphatic heterocycles. The molecule has 6 heteroatoms. The minimum Gasteiger partial charge on any atom is -0.495 e. The lowest BCUT2D eigenvalue weighted by atomic mass is 9.94. The van der Waals surface area contributed by atoms with Gasteiger partial charge in [-0.05, 0) is 84.7 Å². The number of methoxy groups -OCH3 is 1. The molecule has 0 bridgehead atoms. The Morgan fingerprint density at radius 3 is 2.53 bits per heavy atom. The van der Waals surface area contributed by atoms with E-state index in [0.29, 0.717) is 22.9 Å². The predicted octanol–water partition coefficient (Wildman–Crippen LogP) is 6.64. The van der Waals surface area contributed by atoms with E-state index in [0.717, 1.165) is 72.8 Å². The van der Waals surface area contributed by atoms with Crippen LogP contribution < -0.4 is 10.1 Å². The highest BCUT2D eigenvalue weighted by Gasteiger charge is 2.15. The van der Waals surface area contributed by atoms with Crippen LogP contribution in [0.1, 0.15) is 24.5 Å². The second kappa shape index (κ2) is 12.9. The lowest BCUT2D eigenvalue weighted by molar-refractivity contribution is 0.148. The van der Waals surface area contributed by atoms with Crippen LogP contribution in [0.25, 0.3) is 0 Å². The molecular weight excluding hydrogens is 492 g/mol. The van der Waals surface area contributed by atoms with Crippen LogP contribution in [0.5, 0.6) is 5.75 Å². The Kier molecular flexibility index (Phi) is 9.43. The molecule has 198 valence electrons. The first kappa shape index (κ1) is 27.7. The zero-order valence-electron chi connectivity index (χ0n) is 22.6. The smallest absolute Gasteiger partial charge is 0.137 e. The van der Waals surface area contributed by atoms with Gasteiger partial charge in [-0.3, -0.25) is 4.90 Å². The number of rotatable bonds is 8. The summed E-state index contributed by atoms with van der Waals surface area (Å²) in [7, 11) is 3.78. The average molecular weight is 529 g/mol. The van der Waals surface area contributed by atoms with Crippen LogP contribution in [0.3, 0.4) is 0 Å². The molecule has 4 rings (SSSR count). The summed E-state index contributed by atoms with van der Waals surface area (Å²) in [4.78, 5) is 4.88. The normalized spacial score (nSPS) is 19.8. The molecule has 2 aromatic carbocycles. The van der Waals surface area contributed by atoms with Crippen LogP contribution in [0, 0.1) is 5.41 Å². The van der Waals surface area contributed by atoms with Gasteiger partial charge >= 0.3 is 0 Å². The third-order valence-electron chi connectivity index (χ3n) is 7.00. The van der Waals surface area contributed by atoms with E-state index in [1.807, 2.05) is 37.3 Å². The van der Waals surface area contributed by atoms with Gasteiger partial charge < -0.3 is 20.4 Å². The van der Waals surface area contributed by atoms with E-state index in [9.17, 15) is 0 Å². The molecule has 1 aliphatic carbocycles. The fourth-order valence-electron chi connectivity index (χ4n) is 4.62. The third-order valence-corrected chi connectivity index (χ3v) is 7.31. The van der Waals surface area contributed by atoms with Crippen molar-refractivity contribution in [2.75, 3.05) is 45.7 Å². The van der Waals surface area contributed by atoms with Crippen LogP contribution in [0.15, 0.2) is 95.4 Å². The molecule has 1 heterocycles. The molecule has 0 saturated carbocycles. The minimum atomic E-state index is 0.465. The van der Waals surface area contributed by atoms with E-state index < -0.39 is 0 Å². The summed E-state index contributed by atoms with van der Waals surface area (Å²) in [5.41, 5.74) is 10.7. The maximum Gasteiger partial charge on any atom is 0.137 e. The van der Waals surface area contributed by atoms with Gasteiger partial charge in [0.2, 0.25) is 0 Å². The van der Waals surface area contributed by atoms with E-state index in [-0.39, 0.29) is 0 Å². The molecule has 0 aromatic heterocycles. The highest BCUT2D eigenvalue weighted by atomic mass is 35.5. The van der Waals surface area contributed by atoms with Gasteiger partial charge in [-0.1, -0.05) is 48.2 Å². The number of nitrogens with one attached hydrogen (secondary N) is 2. The second-order valence-corrected chi connectivity index (χ2v) is 10.4. The van der Waals surface area contributed by atoms with E-state index in [4.69, 9.17) is 21.7 Å². The fraction of sp³-hybridized carbons (Fsp3) is 0.312. The van der Waals surface area contributed by atoms with Crippen molar-refractivity contribution in [2.45, 2.75) is 26.3 Å². The molecular formula is C32H37ClN4O. The Bertz CT molecular complexity index is 1310. The van der Waals surface area contributed by atoms with E-state index >= 15 is 0 Å². The Morgan fingerprint density at radius 1 is 1.11 bits per heavy atom. The number of ether oxygens (including phenoxy) is 1. The monoisotopic (exact) mass is 528 g/mol. The summed E-state index contributed by atoms with van der Waals surface area (Å²) in [5, 5.41) is 13.0. The fourth-order valence-corrected chi connectivity index (χ4v) is 4.81. The lowest BCUT2D eigenvalue weighted by Gasteiger charge is -2.32. The summed E-state index contributed by atoms with van der Waals surface area (Å²) in [5.74, 6) is 0.616. The van der Waals surface area contributed by atoms with Crippen molar-refractivity contribution >= 4 is 23.0 Å². The number of benzene rings is 2. The topological polar surface area (TPSA) is 51.6 Å². The number of allylic oxidation sites excluding steroid dienone is 4. The van der Waals surface area contributed by atoms with Gasteiger partial charge in [-0.25, -0.2) is 0 Å². The van der Waals surface area contributed by atoms with Gasteiger partial charge in [0, 0.05) is 50.5 Å². The maximum absolute atomic E-state index is 8.90. The zero-order chi connectivity index (χ0) is 27.1. The van der Waals surface area contributed by atoms with Crippen LogP contribution in [-0.2, 0) is 13.0 Å². The van der Waals surface area contributed by atoms with Gasteiger partial charge in [0.1, 0.15) is 5.75 Å². The SMILES string of the molecule is C=C1/C=C(C(=N)Cc2ccc(Cl)c(OC)c2)\C(C)=C/CC=C=C1Nc1ccc(CN2CCN(C)CC2)cc1. The summed E-state index contributed by atoms with van der Waals surface area (Å²) < 4.78 is 5.35. The van der Waals surface area contributed by atoms with Gasteiger partial charge in [-0.2, -0.15) is 0 Å². The number of halogens is 1. The lowest BCUT2D eigenvalue weighted by Crippen LogP contribution is -2.43. The van der Waals surface area contributed by atoms with Crippen molar-refractivity contribution in [1.29, 1.82) is 5.41 Å². The van der Waals surface area contributed by atoms with Crippen molar-refractivity contribution in [3.63, 3.8) is 0 Å². The maximum atomic E-state index is 8.90. The quantitative estimate of drug-likeness (QED) is 0.298. The van der Waals surface area contributed by atoms with Gasteiger partial charge in [0.25, 0.3) is 0 Å². The van der Waals surface area contributed by atoms with Crippen molar-refractivity contribution in [3.8, 4) is 5.75 Å². The molecule has 38 heavy (non-hydrogen) atoms. The molecule has 1 fully saturated rings. The number of hydrogen-bond acceptors (Lipinski definition) is 5. The van der Waals surface area contributed by atoms with Crippen molar-refractivity contribution in [2.24, 2.45) is 0 Å². The molecule has 1 saturated heterocycles. The highest BCUT2D eigenvalue weighted by Crippen LogP contribution is 2.27. The number of likely N-dealkylation sites (N-methyl/N-ethyl adjacent to an activating group) is 1. The van der Waals surface area contributed by atoms with E-state index in [1.165, 1.54) is 5.56 Å². The average Bonchev–Trinajstić information content (AvgIpc) is 2.97. The van der Waals surface area contributed by atoms with E-state index in [2.05, 4.69) is 64.8 Å². The van der Waals surface area contributed by atoms with Crippen LogP contribution in [-0.4, -0.2) is 55.8 Å². The number of nitrogens with zero attached hydrogens (tertiary/aromatic N) is 2. The van der Waals surface area contributed by atoms with Crippen molar-refractivity contribution in [3.05, 3.63) is 112 Å². The summed E-state index contributed by atoms with van der Waals surface area (Å²) in [6, 6.07) is 14.2. The first-order chi connectivity index (χ1) is 18.3. The third kappa shape index (κ3) is 7.37. The largest absolute Gasteiger partial charge is 0.495 e. The molecule has 2 N–H and O–H groups in total. The highest BCUT2D eigenvalue weighted by molar-refractivity contribution is 6.32. The number of anilines is 1. The van der Waals surface area contributed by atoms with Gasteiger partial charge in [-0.15, -0.1) is 0 Å². The Labute approximate surface area is 231 Å². The molecule has 0 amide bonds. The number of piperazine rings is 1. The standard InChI is InChI=1S/C32H37ClN4O/c1-23-7-5-6-8-31(35-27-12-9-25(10-13-27)22-37-17-15-36(3)16-18-37)24(2)19-28(23)30(34)20-26-11-14-29(33)32(21-26)38-4/h6-7,9-14,19,21,34-35H,2,5,15-18,20,22H2,1,3-4H3/b23-7-,28-19+,34-30?. The Balaban J connectivity index is 1.46. The van der Waals surface area contributed by atoms with Gasteiger partial charge in [0.15, 0.2) is 0 Å². The first-order valence-corrected chi connectivity index (χ1v) is 13.4. The molecule has 2 aromatic rings. The van der Waals surface area contributed by atoms with Crippen molar-refractivity contribution < 1.29 is 4.74 Å². The Hall–Kier alpha value is -3.34. The molecule has 0 atom stereocenters. The number of hydrogen-bond donors (Lipinski definition) is 2. The van der Waals surface area contributed by atoms with Gasteiger partial charge in [0.05, 0.1) is 17.8 Å². The molecule has 5 nitrogen and oxygen atoms in total. The molecule has 2 aliphatic rings. The molecule has 0 unspecified atom stereocenters. The van der Waals surface area contributed by atoms with Crippen LogP contribution in [0.4, 0.5) is 5.69 Å². The summed E-state index contributed by atoms with van der Waals surface area (Å²) in [6.45, 7) is 11.8. The molecule has 0 radical (unpaired) electrons. The zero-order valence-corrected chi connectivity index (χ0v) is 23.4.